The molecule has 0 fully saturated rings. The lowest BCUT2D eigenvalue weighted by atomic mass is 9.88. The Hall–Kier alpha value is -8.15. The van der Waals surface area contributed by atoms with Crippen molar-refractivity contribution in [2.75, 3.05) is 0 Å². The lowest BCUT2D eigenvalue weighted by molar-refractivity contribution is 1.05. The molecule has 0 radical (unpaired) electrons. The third-order valence-corrected chi connectivity index (χ3v) is 11.7. The number of benzene rings is 9. The van der Waals surface area contributed by atoms with Gasteiger partial charge in [-0.3, -0.25) is 9.97 Å². The summed E-state index contributed by atoms with van der Waals surface area (Å²) in [6.07, 6.45) is 3.77. The molecule has 0 spiro atoms. The monoisotopic (exact) mass is 763 g/mol. The Morgan fingerprint density at radius 3 is 1.07 bits per heavy atom. The van der Waals surface area contributed by atoms with E-state index in [1.54, 1.807) is 0 Å². The van der Waals surface area contributed by atoms with Crippen molar-refractivity contribution in [3.05, 3.63) is 200 Å². The first-order valence-corrected chi connectivity index (χ1v) is 20.1. The van der Waals surface area contributed by atoms with Crippen LogP contribution in [-0.2, 0) is 0 Å². The van der Waals surface area contributed by atoms with E-state index in [9.17, 15) is 0 Å². The summed E-state index contributed by atoms with van der Waals surface area (Å²) in [5.74, 6) is 1.50. The van der Waals surface area contributed by atoms with Crippen LogP contribution in [0.4, 0.5) is 0 Å². The van der Waals surface area contributed by atoms with Crippen LogP contribution in [-0.4, -0.2) is 24.9 Å². The molecule has 278 valence electrons. The number of pyridine rings is 2. The lowest BCUT2D eigenvalue weighted by Gasteiger charge is -2.16. The molecule has 5 heteroatoms. The van der Waals surface area contributed by atoms with E-state index in [2.05, 4.69) is 164 Å². The Bertz CT molecular complexity index is 3450. The summed E-state index contributed by atoms with van der Waals surface area (Å²) in [5, 5.41) is 13.8. The number of aromatic nitrogens is 5. The van der Waals surface area contributed by atoms with Gasteiger partial charge in [-0.15, -0.1) is 0 Å². The highest BCUT2D eigenvalue weighted by Crippen LogP contribution is 2.42. The fourth-order valence-corrected chi connectivity index (χ4v) is 8.80. The Balaban J connectivity index is 1.16. The van der Waals surface area contributed by atoms with Gasteiger partial charge in [-0.1, -0.05) is 146 Å². The second kappa shape index (κ2) is 13.8. The van der Waals surface area contributed by atoms with Crippen molar-refractivity contribution >= 4 is 64.6 Å². The predicted molar refractivity (Wildman–Crippen MR) is 248 cm³/mol. The standard InChI is InChI=1S/C55H33N5/c1-3-17-38-32-56-51(30-34(38)13-1)54-58-53(59-55(60-54)52-31-35-14-2-4-18-39(35)33-57-52)42-26-40(49-28-36-15-5-7-19-43(36)45-21-9-11-23-47(45)49)25-41(27-42)50-29-37-16-6-8-20-44(37)46-22-10-12-24-48(46)50/h1-33H. The summed E-state index contributed by atoms with van der Waals surface area (Å²) in [6, 6.07) is 66.6. The third kappa shape index (κ3) is 5.75. The van der Waals surface area contributed by atoms with Gasteiger partial charge < -0.3 is 0 Å². The van der Waals surface area contributed by atoms with Gasteiger partial charge in [0.1, 0.15) is 11.4 Å². The van der Waals surface area contributed by atoms with Crippen LogP contribution < -0.4 is 0 Å². The molecular weight excluding hydrogens is 731 g/mol. The molecule has 12 rings (SSSR count). The van der Waals surface area contributed by atoms with Gasteiger partial charge in [0.25, 0.3) is 0 Å². The largest absolute Gasteiger partial charge is 0.252 e. The summed E-state index contributed by atoms with van der Waals surface area (Å²) < 4.78 is 0. The number of fused-ring (bicyclic) bond motifs is 8. The maximum atomic E-state index is 5.25. The molecule has 0 bridgehead atoms. The van der Waals surface area contributed by atoms with Gasteiger partial charge in [-0.2, -0.15) is 0 Å². The molecule has 0 aliphatic rings. The van der Waals surface area contributed by atoms with Gasteiger partial charge in [-0.25, -0.2) is 15.0 Å². The Morgan fingerprint density at radius 1 is 0.250 bits per heavy atom. The SMILES string of the molecule is c1ccc2cc(-c3nc(-c4cc(-c5cc6ccccc6c6ccccc56)cc(-c5cc6ccccc6c6ccccc56)c4)nc(-c4cc5ccccc5cn4)n3)ncc2c1. The zero-order chi connectivity index (χ0) is 39.6. The molecule has 60 heavy (non-hydrogen) atoms. The number of rotatable bonds is 5. The van der Waals surface area contributed by atoms with Crippen molar-refractivity contribution in [3.8, 4) is 56.7 Å². The van der Waals surface area contributed by atoms with E-state index in [0.717, 1.165) is 49.4 Å². The molecule has 3 aromatic heterocycles. The van der Waals surface area contributed by atoms with Crippen molar-refractivity contribution in [3.63, 3.8) is 0 Å². The molecule has 9 aromatic carbocycles. The predicted octanol–water partition coefficient (Wildman–Crippen LogP) is 13.9. The summed E-state index contributed by atoms with van der Waals surface area (Å²) in [4.78, 5) is 25.3. The molecule has 3 heterocycles. The molecule has 0 N–H and O–H groups in total. The van der Waals surface area contributed by atoms with E-state index in [-0.39, 0.29) is 0 Å². The molecule has 0 aliphatic heterocycles. The molecule has 0 atom stereocenters. The van der Waals surface area contributed by atoms with E-state index in [0.29, 0.717) is 28.9 Å². The van der Waals surface area contributed by atoms with Gasteiger partial charge in [-0.05, 0) is 119 Å². The van der Waals surface area contributed by atoms with E-state index in [1.807, 2.05) is 36.7 Å². The van der Waals surface area contributed by atoms with Crippen LogP contribution in [0, 0.1) is 0 Å². The average Bonchev–Trinajstić information content (AvgIpc) is 3.33. The molecule has 0 amide bonds. The molecule has 12 aromatic rings. The maximum absolute atomic E-state index is 5.25. The van der Waals surface area contributed by atoms with Gasteiger partial charge in [0.05, 0.1) is 0 Å². The average molecular weight is 764 g/mol. The van der Waals surface area contributed by atoms with Gasteiger partial charge in [0.15, 0.2) is 17.5 Å². The first-order valence-electron chi connectivity index (χ1n) is 20.1. The highest BCUT2D eigenvalue weighted by molar-refractivity contribution is 6.16. The van der Waals surface area contributed by atoms with Gasteiger partial charge >= 0.3 is 0 Å². The summed E-state index contributed by atoms with van der Waals surface area (Å²) in [5.41, 5.74) is 6.60. The van der Waals surface area contributed by atoms with Crippen molar-refractivity contribution < 1.29 is 0 Å². The molecule has 0 saturated carbocycles. The summed E-state index contributed by atoms with van der Waals surface area (Å²) in [6.45, 7) is 0. The molecule has 0 unspecified atom stereocenters. The smallest absolute Gasteiger partial charge is 0.182 e. The second-order valence-corrected chi connectivity index (χ2v) is 15.3. The second-order valence-electron chi connectivity index (χ2n) is 15.3. The quantitative estimate of drug-likeness (QED) is 0.163. The third-order valence-electron chi connectivity index (χ3n) is 11.7. The number of hydrogen-bond acceptors (Lipinski definition) is 5. The fraction of sp³-hybridized carbons (Fsp3) is 0. The first-order chi connectivity index (χ1) is 29.7. The summed E-state index contributed by atoms with van der Waals surface area (Å²) in [7, 11) is 0. The topological polar surface area (TPSA) is 64.5 Å². The lowest BCUT2D eigenvalue weighted by Crippen LogP contribution is -2.02. The number of nitrogens with zero attached hydrogens (tertiary/aromatic N) is 5. The Morgan fingerprint density at radius 2 is 0.600 bits per heavy atom. The number of hydrogen-bond donors (Lipinski definition) is 0. The van der Waals surface area contributed by atoms with Crippen LogP contribution >= 0.6 is 0 Å². The van der Waals surface area contributed by atoms with Crippen LogP contribution in [0.2, 0.25) is 0 Å². The highest BCUT2D eigenvalue weighted by atomic mass is 15.1. The van der Waals surface area contributed by atoms with Crippen LogP contribution in [0.25, 0.3) is 121 Å². The van der Waals surface area contributed by atoms with Gasteiger partial charge in [0, 0.05) is 28.7 Å². The normalized spacial score (nSPS) is 11.7. The molecule has 5 nitrogen and oxygen atoms in total. The van der Waals surface area contributed by atoms with Crippen molar-refractivity contribution in [2.45, 2.75) is 0 Å². The molecule has 0 saturated heterocycles. The van der Waals surface area contributed by atoms with E-state index in [1.165, 1.54) is 43.1 Å². The van der Waals surface area contributed by atoms with Crippen molar-refractivity contribution in [2.24, 2.45) is 0 Å². The Kier molecular flexibility index (Phi) is 7.78. The van der Waals surface area contributed by atoms with Crippen LogP contribution in [0.1, 0.15) is 0 Å². The van der Waals surface area contributed by atoms with E-state index >= 15 is 0 Å². The minimum absolute atomic E-state index is 0.481. The fourth-order valence-electron chi connectivity index (χ4n) is 8.80. The van der Waals surface area contributed by atoms with Crippen molar-refractivity contribution in [1.29, 1.82) is 0 Å². The molecule has 0 aliphatic carbocycles. The van der Waals surface area contributed by atoms with Crippen LogP contribution in [0.15, 0.2) is 200 Å². The van der Waals surface area contributed by atoms with E-state index in [4.69, 9.17) is 24.9 Å². The maximum Gasteiger partial charge on any atom is 0.182 e. The van der Waals surface area contributed by atoms with Crippen LogP contribution in [0.3, 0.4) is 0 Å². The summed E-state index contributed by atoms with van der Waals surface area (Å²) >= 11 is 0. The minimum Gasteiger partial charge on any atom is -0.252 e. The first kappa shape index (κ1) is 33.9. The zero-order valence-corrected chi connectivity index (χ0v) is 32.3. The van der Waals surface area contributed by atoms with Gasteiger partial charge in [0.2, 0.25) is 0 Å². The zero-order valence-electron chi connectivity index (χ0n) is 32.3. The van der Waals surface area contributed by atoms with Crippen LogP contribution in [0.5, 0.6) is 0 Å². The highest BCUT2D eigenvalue weighted by Gasteiger charge is 2.19. The minimum atomic E-state index is 0.481. The van der Waals surface area contributed by atoms with Crippen molar-refractivity contribution in [1.82, 2.24) is 24.9 Å². The van der Waals surface area contributed by atoms with E-state index < -0.39 is 0 Å². The molecular formula is C55H33N5. The Labute approximate surface area is 345 Å².